The van der Waals surface area contributed by atoms with E-state index >= 15 is 0 Å². The molecule has 0 aliphatic heterocycles. The van der Waals surface area contributed by atoms with Crippen LogP contribution in [0.25, 0.3) is 11.3 Å². The largest absolute Gasteiger partial charge is 0.324 e. The topological polar surface area (TPSA) is 156 Å². The van der Waals surface area contributed by atoms with Crippen molar-refractivity contribution in [3.8, 4) is 11.3 Å². The number of aromatic nitrogens is 2. The second-order valence-electron chi connectivity index (χ2n) is 7.84. The predicted octanol–water partition coefficient (Wildman–Crippen LogP) is 1.93. The average Bonchev–Trinajstić information content (AvgIpc) is 3.57. The molecule has 4 rings (SSSR count). The highest BCUT2D eigenvalue weighted by molar-refractivity contribution is 7.89. The average molecular weight is 489 g/mol. The lowest BCUT2D eigenvalue weighted by Gasteiger charge is -2.11. The molecule has 174 valence electrons. The summed E-state index contributed by atoms with van der Waals surface area (Å²) in [7, 11) is -7.33. The Morgan fingerprint density at radius 3 is 2.45 bits per heavy atom. The zero-order valence-electron chi connectivity index (χ0n) is 17.8. The highest BCUT2D eigenvalue weighted by Crippen LogP contribution is 2.24. The molecule has 0 saturated heterocycles. The Labute approximate surface area is 192 Å². The van der Waals surface area contributed by atoms with Gasteiger partial charge in [0.2, 0.25) is 16.0 Å². The fourth-order valence-electron chi connectivity index (χ4n) is 3.10. The number of nitrogens with two attached hydrogens (primary N) is 1. The van der Waals surface area contributed by atoms with Crippen molar-refractivity contribution in [2.45, 2.75) is 37.2 Å². The maximum absolute atomic E-state index is 12.0. The number of nitrogens with zero attached hydrogens (tertiary/aromatic N) is 2. The number of sulfonamides is 1. The molecule has 0 atom stereocenters. The fourth-order valence-corrected chi connectivity index (χ4v) is 4.77. The summed E-state index contributed by atoms with van der Waals surface area (Å²) in [4.78, 5) is 8.81. The number of primary sulfonamides is 1. The molecule has 0 unspecified atom stereocenters. The number of hydrogen-bond acceptors (Lipinski definition) is 7. The molecule has 1 aliphatic rings. The van der Waals surface area contributed by atoms with Gasteiger partial charge in [-0.15, -0.1) is 0 Å². The van der Waals surface area contributed by atoms with Gasteiger partial charge >= 0.3 is 0 Å². The van der Waals surface area contributed by atoms with Crippen LogP contribution in [0.2, 0.25) is 0 Å². The molecule has 1 aromatic heterocycles. The van der Waals surface area contributed by atoms with Crippen molar-refractivity contribution in [3.05, 3.63) is 65.9 Å². The highest BCUT2D eigenvalue weighted by Gasteiger charge is 2.26. The van der Waals surface area contributed by atoms with Gasteiger partial charge in [-0.05, 0) is 49.1 Å². The summed E-state index contributed by atoms with van der Waals surface area (Å²) in [5.41, 5.74) is 3.67. The van der Waals surface area contributed by atoms with Crippen LogP contribution in [-0.2, 0) is 26.8 Å². The summed E-state index contributed by atoms with van der Waals surface area (Å²) >= 11 is 0. The lowest BCUT2D eigenvalue weighted by molar-refractivity contribution is 0.565. The summed E-state index contributed by atoms with van der Waals surface area (Å²) < 4.78 is 52.2. The van der Waals surface area contributed by atoms with Crippen LogP contribution >= 0.6 is 0 Å². The minimum Gasteiger partial charge on any atom is -0.324 e. The van der Waals surface area contributed by atoms with Crippen LogP contribution in [0.3, 0.4) is 0 Å². The van der Waals surface area contributed by atoms with Crippen LogP contribution in [0.4, 0.5) is 11.6 Å². The van der Waals surface area contributed by atoms with E-state index in [0.717, 1.165) is 29.5 Å². The molecule has 0 radical (unpaired) electrons. The Hall–Kier alpha value is -2.90. The third kappa shape index (κ3) is 6.33. The van der Waals surface area contributed by atoms with Crippen molar-refractivity contribution in [1.82, 2.24) is 19.4 Å². The van der Waals surface area contributed by atoms with Crippen molar-refractivity contribution in [1.29, 1.82) is 0 Å². The molecule has 12 heteroatoms. The van der Waals surface area contributed by atoms with E-state index in [-0.39, 0.29) is 17.5 Å². The zero-order valence-corrected chi connectivity index (χ0v) is 19.4. The van der Waals surface area contributed by atoms with E-state index in [0.29, 0.717) is 17.3 Å². The number of aryl methyl sites for hydroxylation is 1. The maximum atomic E-state index is 12.0. The fraction of sp³-hybridized carbons (Fsp3) is 0.238. The second kappa shape index (κ2) is 9.15. The summed E-state index contributed by atoms with van der Waals surface area (Å²) in [6.45, 7) is 2.06. The number of nitrogens with one attached hydrogen (secondary N) is 3. The Kier molecular flexibility index (Phi) is 6.45. The van der Waals surface area contributed by atoms with Crippen molar-refractivity contribution in [2.75, 3.05) is 5.32 Å². The molecule has 33 heavy (non-hydrogen) atoms. The van der Waals surface area contributed by atoms with Crippen LogP contribution in [0.15, 0.2) is 59.6 Å². The molecular weight excluding hydrogens is 464 g/mol. The van der Waals surface area contributed by atoms with Crippen LogP contribution in [0.1, 0.15) is 24.0 Å². The maximum Gasteiger partial charge on any atom is 0.277 e. The minimum atomic E-state index is -3.82. The molecule has 1 aliphatic carbocycles. The van der Waals surface area contributed by atoms with Gasteiger partial charge in [-0.1, -0.05) is 30.3 Å². The first-order valence-corrected chi connectivity index (χ1v) is 13.2. The van der Waals surface area contributed by atoms with Crippen molar-refractivity contribution < 1.29 is 16.8 Å². The molecule has 1 fully saturated rings. The van der Waals surface area contributed by atoms with Gasteiger partial charge in [0.25, 0.3) is 10.2 Å². The van der Waals surface area contributed by atoms with E-state index in [4.69, 9.17) is 5.14 Å². The van der Waals surface area contributed by atoms with Gasteiger partial charge in [-0.25, -0.2) is 23.5 Å². The van der Waals surface area contributed by atoms with Gasteiger partial charge in [0, 0.05) is 30.0 Å². The van der Waals surface area contributed by atoms with E-state index in [2.05, 4.69) is 24.7 Å². The number of rotatable bonds is 9. The first-order chi connectivity index (χ1) is 15.6. The normalized spacial score (nSPS) is 14.2. The van der Waals surface area contributed by atoms with Gasteiger partial charge < -0.3 is 5.32 Å². The third-order valence-corrected chi connectivity index (χ3v) is 7.06. The molecule has 0 spiro atoms. The smallest absolute Gasteiger partial charge is 0.277 e. The molecule has 5 N–H and O–H groups in total. The Bertz CT molecular complexity index is 1370. The number of anilines is 2. The molecule has 3 aromatic rings. The third-order valence-electron chi connectivity index (χ3n) is 4.98. The van der Waals surface area contributed by atoms with E-state index in [1.54, 1.807) is 18.3 Å². The minimum absolute atomic E-state index is 0.0154. The van der Waals surface area contributed by atoms with Gasteiger partial charge in [-0.2, -0.15) is 17.9 Å². The van der Waals surface area contributed by atoms with Crippen molar-refractivity contribution in [2.24, 2.45) is 5.14 Å². The summed E-state index contributed by atoms with van der Waals surface area (Å²) in [6.07, 6.45) is 3.42. The van der Waals surface area contributed by atoms with Crippen molar-refractivity contribution in [3.63, 3.8) is 0 Å². The van der Waals surface area contributed by atoms with E-state index in [9.17, 15) is 16.8 Å². The SMILES string of the molecule is Cc1cnc(Nc2cccc(S(N)(=O)=O)c2)nc1-c1ccc(CNS(=O)(=O)NC2CC2)cc1. The molecule has 10 nitrogen and oxygen atoms in total. The molecule has 1 heterocycles. The zero-order chi connectivity index (χ0) is 23.6. The van der Waals surface area contributed by atoms with Gasteiger partial charge in [0.15, 0.2) is 0 Å². The summed E-state index contributed by atoms with van der Waals surface area (Å²) in [5, 5.41) is 8.19. The van der Waals surface area contributed by atoms with E-state index in [1.165, 1.54) is 12.1 Å². The highest BCUT2D eigenvalue weighted by atomic mass is 32.2. The summed E-state index contributed by atoms with van der Waals surface area (Å²) in [5.74, 6) is 0.296. The molecular formula is C21H24N6O4S2. The molecule has 0 bridgehead atoms. The quantitative estimate of drug-likeness (QED) is 0.358. The van der Waals surface area contributed by atoms with Crippen molar-refractivity contribution >= 4 is 31.9 Å². The van der Waals surface area contributed by atoms with Gasteiger partial charge in [0.05, 0.1) is 10.6 Å². The Morgan fingerprint density at radius 1 is 1.06 bits per heavy atom. The second-order valence-corrected chi connectivity index (χ2v) is 10.9. The lowest BCUT2D eigenvalue weighted by atomic mass is 10.1. The van der Waals surface area contributed by atoms with E-state index < -0.39 is 20.2 Å². The summed E-state index contributed by atoms with van der Waals surface area (Å²) in [6, 6.07) is 13.5. The molecule has 1 saturated carbocycles. The number of hydrogen-bond donors (Lipinski definition) is 4. The molecule has 0 amide bonds. The standard InChI is InChI=1S/C21H24N6O4S2/c1-14-12-23-21(25-18-3-2-4-19(11-18)32(22,28)29)26-20(14)16-7-5-15(6-8-16)13-24-33(30,31)27-17-9-10-17/h2-8,11-12,17,24,27H,9-10,13H2,1H3,(H2,22,28,29)(H,23,25,26). The van der Waals surface area contributed by atoms with E-state index in [1.807, 2.05) is 31.2 Å². The number of benzene rings is 2. The Balaban J connectivity index is 1.48. The van der Waals surface area contributed by atoms with Gasteiger partial charge in [0.1, 0.15) is 0 Å². The Morgan fingerprint density at radius 2 is 1.79 bits per heavy atom. The first-order valence-electron chi connectivity index (χ1n) is 10.2. The lowest BCUT2D eigenvalue weighted by Crippen LogP contribution is -2.37. The first kappa shape index (κ1) is 23.3. The van der Waals surface area contributed by atoms with Crippen LogP contribution in [0, 0.1) is 6.92 Å². The van der Waals surface area contributed by atoms with Crippen LogP contribution < -0.4 is 19.9 Å². The molecule has 2 aromatic carbocycles. The van der Waals surface area contributed by atoms with Crippen LogP contribution in [-0.4, -0.2) is 32.8 Å². The van der Waals surface area contributed by atoms with Gasteiger partial charge in [-0.3, -0.25) is 0 Å². The monoisotopic (exact) mass is 488 g/mol. The van der Waals surface area contributed by atoms with Crippen LogP contribution in [0.5, 0.6) is 0 Å². The predicted molar refractivity (Wildman–Crippen MR) is 125 cm³/mol.